The van der Waals surface area contributed by atoms with E-state index in [0.29, 0.717) is 11.1 Å². The van der Waals surface area contributed by atoms with Crippen LogP contribution < -0.4 is 0 Å². The highest BCUT2D eigenvalue weighted by Crippen LogP contribution is 2.35. The molecule has 70 valence electrons. The molecule has 0 amide bonds. The Bertz CT molecular complexity index is 82.1. The van der Waals surface area contributed by atoms with Gasteiger partial charge in [0.2, 0.25) is 0 Å². The summed E-state index contributed by atoms with van der Waals surface area (Å²) in [5, 5.41) is 0. The summed E-state index contributed by atoms with van der Waals surface area (Å²) in [7, 11) is -1.39. The lowest BCUT2D eigenvalue weighted by atomic mass is 10.5. The second-order valence-corrected chi connectivity index (χ2v) is 10.5. The molecule has 0 aromatic rings. The maximum absolute atomic E-state index is 6.34. The molecule has 0 heterocycles. The molecule has 0 aliphatic carbocycles. The first-order valence-electron chi connectivity index (χ1n) is 3.95. The van der Waals surface area contributed by atoms with E-state index in [0.717, 1.165) is 0 Å². The average molecular weight is 260 g/mol. The Morgan fingerprint density at radius 1 is 1.00 bits per heavy atom. The van der Waals surface area contributed by atoms with E-state index in [1.165, 1.54) is 0 Å². The molecule has 0 saturated heterocycles. The summed E-state index contributed by atoms with van der Waals surface area (Å²) >= 11 is 9.28. The summed E-state index contributed by atoms with van der Waals surface area (Å²) in [5.74, 6) is 1.81. The molecule has 0 aromatic heterocycles. The first-order chi connectivity index (χ1) is 4.89. The van der Waals surface area contributed by atoms with Crippen LogP contribution in [-0.4, -0.2) is 13.2 Å². The van der Waals surface area contributed by atoms with E-state index < -0.39 is 7.38 Å². The fourth-order valence-corrected chi connectivity index (χ4v) is 2.00. The van der Waals surface area contributed by atoms with E-state index in [2.05, 4.69) is 50.2 Å². The van der Waals surface area contributed by atoms with Gasteiger partial charge in [-0.05, 0) is 16.9 Å². The second-order valence-electron chi connectivity index (χ2n) is 3.46. The van der Waals surface area contributed by atoms with Crippen molar-refractivity contribution in [3.63, 3.8) is 0 Å². The lowest BCUT2D eigenvalue weighted by Crippen LogP contribution is -2.30. The Morgan fingerprint density at radius 2 is 1.18 bits per heavy atom. The van der Waals surface area contributed by atoms with Crippen LogP contribution in [0, 0.1) is 0 Å². The van der Waals surface area contributed by atoms with Crippen LogP contribution in [0.1, 0.15) is 27.7 Å². The minimum Gasteiger partial charge on any atom is -0.167 e. The molecule has 0 unspecified atom stereocenters. The van der Waals surface area contributed by atoms with Crippen molar-refractivity contribution in [1.29, 1.82) is 0 Å². The van der Waals surface area contributed by atoms with Gasteiger partial charge in [0.1, 0.15) is 0 Å². The standard InChI is InChI=1S/C7H17ClSi.CH3Br/c1-6(2)9(5,8)7(3)4;1-2/h6-7H,1-5H3;1H3. The Balaban J connectivity index is 0. The molecule has 0 N–H and O–H groups in total. The van der Waals surface area contributed by atoms with Gasteiger partial charge in [0.15, 0.2) is 7.38 Å². The summed E-state index contributed by atoms with van der Waals surface area (Å²) in [4.78, 5) is 0. The summed E-state index contributed by atoms with van der Waals surface area (Å²) in [6.45, 7) is 11.1. The van der Waals surface area contributed by atoms with Crippen molar-refractivity contribution in [3.8, 4) is 0 Å². The van der Waals surface area contributed by atoms with Gasteiger partial charge in [-0.1, -0.05) is 50.2 Å². The van der Waals surface area contributed by atoms with Crippen LogP contribution in [0.25, 0.3) is 0 Å². The second kappa shape index (κ2) is 6.50. The van der Waals surface area contributed by atoms with Crippen molar-refractivity contribution < 1.29 is 0 Å². The number of halogens is 2. The van der Waals surface area contributed by atoms with Gasteiger partial charge in [-0.2, -0.15) is 11.1 Å². The van der Waals surface area contributed by atoms with Gasteiger partial charge in [0, 0.05) is 0 Å². The van der Waals surface area contributed by atoms with Gasteiger partial charge < -0.3 is 0 Å². The third-order valence-electron chi connectivity index (χ3n) is 2.26. The largest absolute Gasteiger partial charge is 0.167 e. The lowest BCUT2D eigenvalue weighted by molar-refractivity contribution is 0.930. The maximum atomic E-state index is 6.34. The van der Waals surface area contributed by atoms with Crippen molar-refractivity contribution in [2.45, 2.75) is 45.3 Å². The minimum absolute atomic E-state index is 0.694. The molecular weight excluding hydrogens is 240 g/mol. The highest BCUT2D eigenvalue weighted by Gasteiger charge is 2.32. The molecule has 0 aliphatic heterocycles. The van der Waals surface area contributed by atoms with Crippen LogP contribution in [0.15, 0.2) is 0 Å². The first kappa shape index (κ1) is 14.5. The monoisotopic (exact) mass is 258 g/mol. The van der Waals surface area contributed by atoms with Gasteiger partial charge in [0.25, 0.3) is 0 Å². The van der Waals surface area contributed by atoms with E-state index in [1.807, 2.05) is 5.83 Å². The summed E-state index contributed by atoms with van der Waals surface area (Å²) in [6, 6.07) is 0. The zero-order valence-electron chi connectivity index (χ0n) is 8.41. The summed E-state index contributed by atoms with van der Waals surface area (Å²) < 4.78 is 0. The molecule has 0 radical (unpaired) electrons. The molecule has 11 heavy (non-hydrogen) atoms. The van der Waals surface area contributed by atoms with Crippen LogP contribution in [0.5, 0.6) is 0 Å². The van der Waals surface area contributed by atoms with Crippen molar-refractivity contribution in [1.82, 2.24) is 0 Å². The predicted molar refractivity (Wildman–Crippen MR) is 62.5 cm³/mol. The molecule has 0 nitrogen and oxygen atoms in total. The highest BCUT2D eigenvalue weighted by atomic mass is 79.9. The van der Waals surface area contributed by atoms with Crippen LogP contribution in [0.3, 0.4) is 0 Å². The van der Waals surface area contributed by atoms with Crippen LogP contribution >= 0.6 is 27.0 Å². The molecule has 0 spiro atoms. The molecule has 3 heteroatoms. The van der Waals surface area contributed by atoms with Gasteiger partial charge in [0.05, 0.1) is 0 Å². The van der Waals surface area contributed by atoms with Gasteiger partial charge in [-0.25, -0.2) is 0 Å². The summed E-state index contributed by atoms with van der Waals surface area (Å²) in [5.41, 5.74) is 1.39. The Morgan fingerprint density at radius 3 is 1.18 bits per heavy atom. The minimum atomic E-state index is -1.39. The molecule has 0 rings (SSSR count). The Hall–Kier alpha value is 0.987. The third-order valence-corrected chi connectivity index (χ3v) is 9.39. The van der Waals surface area contributed by atoms with E-state index in [1.54, 1.807) is 0 Å². The fraction of sp³-hybridized carbons (Fsp3) is 1.00. The highest BCUT2D eigenvalue weighted by molar-refractivity contribution is 9.08. The van der Waals surface area contributed by atoms with Gasteiger partial charge in [-0.3, -0.25) is 0 Å². The van der Waals surface area contributed by atoms with Crippen molar-refractivity contribution in [2.24, 2.45) is 0 Å². The van der Waals surface area contributed by atoms with Gasteiger partial charge in [-0.15, -0.1) is 0 Å². The predicted octanol–water partition coefficient (Wildman–Crippen LogP) is 4.63. The fourth-order valence-electron chi connectivity index (χ4n) is 0.667. The first-order valence-corrected chi connectivity index (χ1v) is 9.21. The molecule has 0 atom stereocenters. The van der Waals surface area contributed by atoms with Crippen molar-refractivity contribution >= 4 is 34.4 Å². The number of alkyl halides is 1. The molecule has 0 saturated carbocycles. The molecule has 0 fully saturated rings. The average Bonchev–Trinajstić information content (AvgIpc) is 1.91. The number of hydrogen-bond donors (Lipinski definition) is 0. The van der Waals surface area contributed by atoms with Crippen molar-refractivity contribution in [2.75, 3.05) is 5.83 Å². The zero-order chi connectivity index (χ0) is 9.65. The van der Waals surface area contributed by atoms with E-state index in [-0.39, 0.29) is 0 Å². The van der Waals surface area contributed by atoms with Gasteiger partial charge >= 0.3 is 0 Å². The molecule has 0 aromatic carbocycles. The van der Waals surface area contributed by atoms with E-state index in [4.69, 9.17) is 11.1 Å². The molecular formula is C8H20BrClSi. The zero-order valence-corrected chi connectivity index (χ0v) is 11.8. The molecule has 0 bridgehead atoms. The summed E-state index contributed by atoms with van der Waals surface area (Å²) in [6.07, 6.45) is 0. The lowest BCUT2D eigenvalue weighted by Gasteiger charge is -2.27. The Kier molecular flexibility index (Phi) is 8.57. The number of hydrogen-bond acceptors (Lipinski definition) is 0. The van der Waals surface area contributed by atoms with Crippen LogP contribution in [-0.2, 0) is 0 Å². The van der Waals surface area contributed by atoms with Crippen LogP contribution in [0.2, 0.25) is 17.6 Å². The van der Waals surface area contributed by atoms with Crippen LogP contribution in [0.4, 0.5) is 0 Å². The normalized spacial score (nSPS) is 11.5. The van der Waals surface area contributed by atoms with E-state index >= 15 is 0 Å². The quantitative estimate of drug-likeness (QED) is 0.385. The molecule has 0 aliphatic rings. The topological polar surface area (TPSA) is 0 Å². The van der Waals surface area contributed by atoms with Crippen molar-refractivity contribution in [3.05, 3.63) is 0 Å². The maximum Gasteiger partial charge on any atom is 0.158 e. The third kappa shape index (κ3) is 5.26. The smallest absolute Gasteiger partial charge is 0.158 e. The SMILES string of the molecule is CBr.CC(C)[Si](C)(Cl)C(C)C. The van der Waals surface area contributed by atoms with E-state index in [9.17, 15) is 0 Å². The Labute approximate surface area is 85.6 Å². The number of rotatable bonds is 2.